The van der Waals surface area contributed by atoms with E-state index in [-0.39, 0.29) is 18.4 Å². The summed E-state index contributed by atoms with van der Waals surface area (Å²) >= 11 is 0. The number of anilines is 1. The summed E-state index contributed by atoms with van der Waals surface area (Å²) < 4.78 is 5.25. The lowest BCUT2D eigenvalue weighted by atomic mass is 10.1. The van der Waals surface area contributed by atoms with Crippen LogP contribution in [0.25, 0.3) is 0 Å². The fourth-order valence-electron chi connectivity index (χ4n) is 1.53. The van der Waals surface area contributed by atoms with Crippen LogP contribution >= 0.6 is 0 Å². The van der Waals surface area contributed by atoms with Gasteiger partial charge in [0.05, 0.1) is 5.69 Å². The Balaban J connectivity index is 1.99. The Morgan fingerprint density at radius 3 is 2.74 bits per heavy atom. The number of amides is 2. The van der Waals surface area contributed by atoms with Crippen molar-refractivity contribution >= 4 is 17.5 Å². The molecule has 4 N–H and O–H groups in total. The average molecular weight is 263 g/mol. The summed E-state index contributed by atoms with van der Waals surface area (Å²) in [6.07, 6.45) is 2.07. The number of ether oxygens (including phenoxy) is 1. The maximum absolute atomic E-state index is 11.8. The number of carbonyl (C=O) groups excluding carboxylic acids is 2. The van der Waals surface area contributed by atoms with Gasteiger partial charge < -0.3 is 21.1 Å². The summed E-state index contributed by atoms with van der Waals surface area (Å²) in [5.74, 6) is 0.0218. The number of hydrogen-bond donors (Lipinski definition) is 3. The number of benzene rings is 1. The highest BCUT2D eigenvalue weighted by Crippen LogP contribution is 2.24. The van der Waals surface area contributed by atoms with Gasteiger partial charge in [0.25, 0.3) is 11.8 Å². The molecule has 19 heavy (non-hydrogen) atoms. The number of hydrogen-bond acceptors (Lipinski definition) is 4. The molecular formula is C13H17N3O3. The van der Waals surface area contributed by atoms with E-state index in [1.807, 2.05) is 0 Å². The molecule has 0 bridgehead atoms. The van der Waals surface area contributed by atoms with Crippen molar-refractivity contribution in [3.63, 3.8) is 0 Å². The number of nitrogens with one attached hydrogen (secondary N) is 2. The average Bonchev–Trinajstić information content (AvgIpc) is 3.20. The first-order valence-electron chi connectivity index (χ1n) is 6.14. The van der Waals surface area contributed by atoms with E-state index in [0.29, 0.717) is 23.0 Å². The van der Waals surface area contributed by atoms with Crippen molar-refractivity contribution in [1.29, 1.82) is 0 Å². The van der Waals surface area contributed by atoms with Gasteiger partial charge in [0.15, 0.2) is 6.61 Å². The molecule has 0 radical (unpaired) electrons. The lowest BCUT2D eigenvalue weighted by Crippen LogP contribution is -2.26. The standard InChI is InChI=1S/C13H17N3O3/c1-15-12(17)7-19-11-5-2-8(6-10(11)14)13(18)16-9-3-4-9/h2,5-6,9H,3-4,7,14H2,1H3,(H,15,17)(H,16,18). The van der Waals surface area contributed by atoms with Crippen molar-refractivity contribution in [1.82, 2.24) is 10.6 Å². The predicted molar refractivity (Wildman–Crippen MR) is 70.9 cm³/mol. The molecule has 0 saturated heterocycles. The molecule has 0 unspecified atom stereocenters. The Hall–Kier alpha value is -2.24. The fourth-order valence-corrected chi connectivity index (χ4v) is 1.53. The van der Waals surface area contributed by atoms with Crippen LogP contribution in [0.1, 0.15) is 23.2 Å². The lowest BCUT2D eigenvalue weighted by Gasteiger charge is -2.10. The zero-order valence-electron chi connectivity index (χ0n) is 10.7. The third-order valence-electron chi connectivity index (χ3n) is 2.82. The van der Waals surface area contributed by atoms with Gasteiger partial charge in [0.2, 0.25) is 0 Å². The number of nitrogens with two attached hydrogens (primary N) is 1. The number of carbonyl (C=O) groups is 2. The monoisotopic (exact) mass is 263 g/mol. The minimum atomic E-state index is -0.241. The quantitative estimate of drug-likeness (QED) is 0.665. The molecule has 1 saturated carbocycles. The van der Waals surface area contributed by atoms with Gasteiger partial charge in [-0.3, -0.25) is 9.59 Å². The van der Waals surface area contributed by atoms with Crippen LogP contribution in [0.4, 0.5) is 5.69 Å². The Morgan fingerprint density at radius 1 is 1.42 bits per heavy atom. The molecule has 6 nitrogen and oxygen atoms in total. The summed E-state index contributed by atoms with van der Waals surface area (Å²) in [6, 6.07) is 5.09. The molecule has 0 atom stereocenters. The van der Waals surface area contributed by atoms with Gasteiger partial charge in [0, 0.05) is 18.7 Å². The van der Waals surface area contributed by atoms with Gasteiger partial charge in [0.1, 0.15) is 5.75 Å². The van der Waals surface area contributed by atoms with Gasteiger partial charge in [-0.2, -0.15) is 0 Å². The summed E-state index contributed by atoms with van der Waals surface area (Å²) in [5.41, 5.74) is 6.63. The fraction of sp³-hybridized carbons (Fsp3) is 0.385. The van der Waals surface area contributed by atoms with Crippen molar-refractivity contribution in [2.45, 2.75) is 18.9 Å². The van der Waals surface area contributed by atoms with Crippen molar-refractivity contribution in [2.24, 2.45) is 0 Å². The molecule has 102 valence electrons. The molecule has 1 aromatic rings. The molecule has 6 heteroatoms. The minimum Gasteiger partial charge on any atom is -0.482 e. The van der Waals surface area contributed by atoms with Crippen LogP contribution in [0.2, 0.25) is 0 Å². The molecule has 2 rings (SSSR count). The van der Waals surface area contributed by atoms with Crippen LogP contribution in [-0.4, -0.2) is 31.5 Å². The maximum Gasteiger partial charge on any atom is 0.257 e. The molecule has 2 amide bonds. The molecule has 1 aliphatic carbocycles. The van der Waals surface area contributed by atoms with E-state index in [2.05, 4.69) is 10.6 Å². The van der Waals surface area contributed by atoms with Gasteiger partial charge >= 0.3 is 0 Å². The van der Waals surface area contributed by atoms with Crippen LogP contribution in [0, 0.1) is 0 Å². The van der Waals surface area contributed by atoms with E-state index in [1.54, 1.807) is 18.2 Å². The van der Waals surface area contributed by atoms with Crippen LogP contribution in [0.3, 0.4) is 0 Å². The highest BCUT2D eigenvalue weighted by Gasteiger charge is 2.24. The predicted octanol–water partition coefficient (Wildman–Crippen LogP) is 0.286. The third-order valence-corrected chi connectivity index (χ3v) is 2.82. The van der Waals surface area contributed by atoms with E-state index in [9.17, 15) is 9.59 Å². The minimum absolute atomic E-state index is 0.103. The molecule has 1 fully saturated rings. The van der Waals surface area contributed by atoms with Gasteiger partial charge in [-0.05, 0) is 31.0 Å². The van der Waals surface area contributed by atoms with Gasteiger partial charge in [-0.1, -0.05) is 0 Å². The number of rotatable bonds is 5. The molecule has 0 aliphatic heterocycles. The zero-order chi connectivity index (χ0) is 13.8. The van der Waals surface area contributed by atoms with Crippen LogP contribution in [0.15, 0.2) is 18.2 Å². The Kier molecular flexibility index (Phi) is 3.89. The van der Waals surface area contributed by atoms with Gasteiger partial charge in [-0.25, -0.2) is 0 Å². The maximum atomic E-state index is 11.8. The summed E-state index contributed by atoms with van der Waals surface area (Å²) in [6.45, 7) is -0.103. The van der Waals surface area contributed by atoms with E-state index < -0.39 is 0 Å². The second kappa shape index (κ2) is 5.60. The lowest BCUT2D eigenvalue weighted by molar-refractivity contribution is -0.122. The van der Waals surface area contributed by atoms with E-state index >= 15 is 0 Å². The van der Waals surface area contributed by atoms with Crippen molar-refractivity contribution < 1.29 is 14.3 Å². The Bertz CT molecular complexity index is 498. The first-order valence-corrected chi connectivity index (χ1v) is 6.14. The molecule has 1 aromatic carbocycles. The van der Waals surface area contributed by atoms with E-state index in [1.165, 1.54) is 7.05 Å². The summed E-state index contributed by atoms with van der Waals surface area (Å²) in [7, 11) is 1.53. The molecule has 1 aliphatic rings. The second-order valence-corrected chi connectivity index (χ2v) is 4.46. The summed E-state index contributed by atoms with van der Waals surface area (Å²) in [4.78, 5) is 22.9. The SMILES string of the molecule is CNC(=O)COc1ccc(C(=O)NC2CC2)cc1N. The van der Waals surface area contributed by atoms with Crippen molar-refractivity contribution in [2.75, 3.05) is 19.4 Å². The topological polar surface area (TPSA) is 93.4 Å². The molecule has 0 spiro atoms. The third kappa shape index (κ3) is 3.61. The first-order chi connectivity index (χ1) is 9.10. The van der Waals surface area contributed by atoms with E-state index in [4.69, 9.17) is 10.5 Å². The smallest absolute Gasteiger partial charge is 0.257 e. The molecule has 0 heterocycles. The highest BCUT2D eigenvalue weighted by atomic mass is 16.5. The van der Waals surface area contributed by atoms with Gasteiger partial charge in [-0.15, -0.1) is 0 Å². The Morgan fingerprint density at radius 2 is 2.16 bits per heavy atom. The van der Waals surface area contributed by atoms with E-state index in [0.717, 1.165) is 12.8 Å². The summed E-state index contributed by atoms with van der Waals surface area (Å²) in [5, 5.41) is 5.32. The van der Waals surface area contributed by atoms with Crippen LogP contribution < -0.4 is 21.1 Å². The normalized spacial score (nSPS) is 13.7. The second-order valence-electron chi connectivity index (χ2n) is 4.46. The van der Waals surface area contributed by atoms with Crippen LogP contribution in [-0.2, 0) is 4.79 Å². The molecule has 0 aromatic heterocycles. The largest absolute Gasteiger partial charge is 0.482 e. The highest BCUT2D eigenvalue weighted by molar-refractivity contribution is 5.95. The number of likely N-dealkylation sites (N-methyl/N-ethyl adjacent to an activating group) is 1. The van der Waals surface area contributed by atoms with Crippen molar-refractivity contribution in [3.8, 4) is 5.75 Å². The molecular weight excluding hydrogens is 246 g/mol. The van der Waals surface area contributed by atoms with Crippen LogP contribution in [0.5, 0.6) is 5.75 Å². The zero-order valence-corrected chi connectivity index (χ0v) is 10.7. The Labute approximate surface area is 111 Å². The first kappa shape index (κ1) is 13.2. The number of nitrogen functional groups attached to an aromatic ring is 1. The van der Waals surface area contributed by atoms with Crippen molar-refractivity contribution in [3.05, 3.63) is 23.8 Å².